The molecule has 2 N–H and O–H groups in total. The summed E-state index contributed by atoms with van der Waals surface area (Å²) in [6.07, 6.45) is 5.63. The molecule has 0 aromatic rings. The van der Waals surface area contributed by atoms with Crippen LogP contribution in [0.15, 0.2) is 0 Å². The molecule has 0 unspecified atom stereocenters. The van der Waals surface area contributed by atoms with Gasteiger partial charge < -0.3 is 9.79 Å². The molecular formula is C9H19O3P. The van der Waals surface area contributed by atoms with E-state index in [-0.39, 0.29) is 12.1 Å². The summed E-state index contributed by atoms with van der Waals surface area (Å²) < 4.78 is 10.7. The molecule has 0 aliphatic heterocycles. The summed E-state index contributed by atoms with van der Waals surface area (Å²) in [6.45, 7) is 2.19. The van der Waals surface area contributed by atoms with Crippen molar-refractivity contribution in [2.24, 2.45) is 11.8 Å². The second-order valence-electron chi connectivity index (χ2n) is 4.14. The zero-order valence-electron chi connectivity index (χ0n) is 8.15. The topological polar surface area (TPSA) is 57.5 Å². The zero-order valence-corrected chi connectivity index (χ0v) is 9.04. The van der Waals surface area contributed by atoms with Gasteiger partial charge in [-0.1, -0.05) is 26.2 Å². The van der Waals surface area contributed by atoms with Crippen LogP contribution in [0.2, 0.25) is 0 Å². The quantitative estimate of drug-likeness (QED) is 0.697. The maximum atomic E-state index is 10.7. The van der Waals surface area contributed by atoms with Gasteiger partial charge in [-0.2, -0.15) is 0 Å². The monoisotopic (exact) mass is 206 g/mol. The third-order valence-corrected chi connectivity index (χ3v) is 4.03. The first kappa shape index (κ1) is 11.2. The SMILES string of the molecule is CCC1CCC(CP(=O)(O)O)CC1. The van der Waals surface area contributed by atoms with Gasteiger partial charge in [0.05, 0.1) is 6.16 Å². The molecule has 0 bridgehead atoms. The highest BCUT2D eigenvalue weighted by Gasteiger charge is 2.25. The Hall–Kier alpha value is 0.150. The van der Waals surface area contributed by atoms with Gasteiger partial charge >= 0.3 is 7.60 Å². The van der Waals surface area contributed by atoms with Crippen LogP contribution < -0.4 is 0 Å². The molecule has 0 radical (unpaired) electrons. The van der Waals surface area contributed by atoms with Crippen molar-refractivity contribution in [3.63, 3.8) is 0 Å². The predicted molar refractivity (Wildman–Crippen MR) is 52.7 cm³/mol. The summed E-state index contributed by atoms with van der Waals surface area (Å²) >= 11 is 0. The van der Waals surface area contributed by atoms with E-state index in [0.717, 1.165) is 31.6 Å². The number of hydrogen-bond donors (Lipinski definition) is 2. The molecule has 0 aromatic heterocycles. The van der Waals surface area contributed by atoms with Crippen molar-refractivity contribution in [1.29, 1.82) is 0 Å². The standard InChI is InChI=1S/C9H19O3P/c1-2-8-3-5-9(6-4-8)7-13(10,11)12/h8-9H,2-7H2,1H3,(H2,10,11,12). The minimum Gasteiger partial charge on any atom is -0.324 e. The first-order valence-corrected chi connectivity index (χ1v) is 6.85. The Labute approximate surface area is 79.7 Å². The Morgan fingerprint density at radius 1 is 1.15 bits per heavy atom. The van der Waals surface area contributed by atoms with Gasteiger partial charge in [-0.3, -0.25) is 4.57 Å². The van der Waals surface area contributed by atoms with E-state index in [0.29, 0.717) is 0 Å². The molecule has 0 amide bonds. The van der Waals surface area contributed by atoms with Crippen LogP contribution in [0.5, 0.6) is 0 Å². The summed E-state index contributed by atoms with van der Waals surface area (Å²) in [5.41, 5.74) is 0. The van der Waals surface area contributed by atoms with E-state index in [4.69, 9.17) is 9.79 Å². The van der Waals surface area contributed by atoms with Crippen molar-refractivity contribution in [2.75, 3.05) is 6.16 Å². The highest BCUT2D eigenvalue weighted by atomic mass is 31.2. The van der Waals surface area contributed by atoms with Crippen molar-refractivity contribution in [1.82, 2.24) is 0 Å². The summed E-state index contributed by atoms with van der Waals surface area (Å²) in [5, 5.41) is 0. The Kier molecular flexibility index (Phi) is 3.96. The summed E-state index contributed by atoms with van der Waals surface area (Å²) in [4.78, 5) is 17.6. The van der Waals surface area contributed by atoms with Gasteiger partial charge in [-0.05, 0) is 24.7 Å². The van der Waals surface area contributed by atoms with Gasteiger partial charge in [-0.15, -0.1) is 0 Å². The minimum absolute atomic E-state index is 0.101. The molecule has 4 heteroatoms. The van der Waals surface area contributed by atoms with Crippen molar-refractivity contribution in [3.8, 4) is 0 Å². The minimum atomic E-state index is -3.76. The van der Waals surface area contributed by atoms with E-state index in [1.807, 2.05) is 0 Å². The van der Waals surface area contributed by atoms with Crippen LogP contribution in [0, 0.1) is 11.8 Å². The molecule has 1 fully saturated rings. The van der Waals surface area contributed by atoms with Crippen LogP contribution in [-0.2, 0) is 4.57 Å². The highest BCUT2D eigenvalue weighted by Crippen LogP contribution is 2.42. The average Bonchev–Trinajstić information content (AvgIpc) is 2.03. The summed E-state index contributed by atoms with van der Waals surface area (Å²) in [5.74, 6) is 1.07. The van der Waals surface area contributed by atoms with E-state index in [1.165, 1.54) is 6.42 Å². The molecular weight excluding hydrogens is 187 g/mol. The van der Waals surface area contributed by atoms with Gasteiger partial charge in [0.15, 0.2) is 0 Å². The van der Waals surface area contributed by atoms with E-state index < -0.39 is 7.60 Å². The third kappa shape index (κ3) is 4.26. The second-order valence-corrected chi connectivity index (χ2v) is 5.84. The van der Waals surface area contributed by atoms with Crippen LogP contribution >= 0.6 is 7.60 Å². The fourth-order valence-corrected chi connectivity index (χ4v) is 3.20. The molecule has 1 aliphatic rings. The van der Waals surface area contributed by atoms with Crippen LogP contribution in [0.3, 0.4) is 0 Å². The summed E-state index contributed by atoms with van der Waals surface area (Å²) in [7, 11) is -3.76. The molecule has 0 saturated heterocycles. The van der Waals surface area contributed by atoms with Gasteiger partial charge in [-0.25, -0.2) is 0 Å². The largest absolute Gasteiger partial charge is 0.325 e. The van der Waals surface area contributed by atoms with Crippen LogP contribution in [-0.4, -0.2) is 15.9 Å². The van der Waals surface area contributed by atoms with Crippen LogP contribution in [0.1, 0.15) is 39.0 Å². The van der Waals surface area contributed by atoms with E-state index >= 15 is 0 Å². The summed E-state index contributed by atoms with van der Waals surface area (Å²) in [6, 6.07) is 0. The Balaban J connectivity index is 2.29. The molecule has 1 saturated carbocycles. The first-order chi connectivity index (χ1) is 6.01. The zero-order chi connectivity index (χ0) is 9.90. The van der Waals surface area contributed by atoms with Crippen LogP contribution in [0.25, 0.3) is 0 Å². The first-order valence-electron chi connectivity index (χ1n) is 5.06. The molecule has 0 atom stereocenters. The molecule has 1 rings (SSSR count). The molecule has 0 aromatic carbocycles. The van der Waals surface area contributed by atoms with E-state index in [2.05, 4.69) is 6.92 Å². The maximum Gasteiger partial charge on any atom is 0.325 e. The van der Waals surface area contributed by atoms with Gasteiger partial charge in [0.1, 0.15) is 0 Å². The second kappa shape index (κ2) is 4.59. The average molecular weight is 206 g/mol. The molecule has 1 aliphatic carbocycles. The third-order valence-electron chi connectivity index (χ3n) is 3.04. The van der Waals surface area contributed by atoms with Crippen molar-refractivity contribution in [3.05, 3.63) is 0 Å². The lowest BCUT2D eigenvalue weighted by atomic mass is 9.82. The van der Waals surface area contributed by atoms with Crippen molar-refractivity contribution >= 4 is 7.60 Å². The number of hydrogen-bond acceptors (Lipinski definition) is 1. The highest BCUT2D eigenvalue weighted by molar-refractivity contribution is 7.51. The molecule has 78 valence electrons. The smallest absolute Gasteiger partial charge is 0.324 e. The fourth-order valence-electron chi connectivity index (χ4n) is 2.16. The Bertz CT molecular complexity index is 191. The van der Waals surface area contributed by atoms with Crippen molar-refractivity contribution < 1.29 is 14.4 Å². The van der Waals surface area contributed by atoms with Crippen LogP contribution in [0.4, 0.5) is 0 Å². The van der Waals surface area contributed by atoms with Gasteiger partial charge in [0, 0.05) is 0 Å². The fraction of sp³-hybridized carbons (Fsp3) is 1.00. The lowest BCUT2D eigenvalue weighted by Gasteiger charge is -2.27. The molecule has 3 nitrogen and oxygen atoms in total. The van der Waals surface area contributed by atoms with Gasteiger partial charge in [0.2, 0.25) is 0 Å². The lowest BCUT2D eigenvalue weighted by Crippen LogP contribution is -2.16. The maximum absolute atomic E-state index is 10.7. The molecule has 0 spiro atoms. The molecule has 13 heavy (non-hydrogen) atoms. The van der Waals surface area contributed by atoms with Gasteiger partial charge in [0.25, 0.3) is 0 Å². The predicted octanol–water partition coefficient (Wildman–Crippen LogP) is 2.38. The van der Waals surface area contributed by atoms with E-state index in [1.54, 1.807) is 0 Å². The Morgan fingerprint density at radius 3 is 2.00 bits per heavy atom. The van der Waals surface area contributed by atoms with E-state index in [9.17, 15) is 4.57 Å². The Morgan fingerprint density at radius 2 is 1.62 bits per heavy atom. The van der Waals surface area contributed by atoms with Crippen molar-refractivity contribution in [2.45, 2.75) is 39.0 Å². The molecule has 0 heterocycles. The number of rotatable bonds is 3. The lowest BCUT2D eigenvalue weighted by molar-refractivity contribution is 0.272. The normalized spacial score (nSPS) is 30.4.